The Hall–Kier alpha value is 0.130. The molecule has 15 atom stereocenters. The number of methoxy groups -OCH3 is 3. The topological polar surface area (TPSA) is 206 Å². The molecule has 0 saturated carbocycles. The Bertz CT molecular complexity index is 799. The monoisotopic (exact) mass is 787 g/mol. The molecule has 0 aromatic heterocycles. The standard InChI is InChI=1S/C11H24NO4.C10H21NO4.C8H17NO4.CH4.HI/c1-7-9(12(2,3)4)10(14)11(15-5)8(6-13)16-7;1-6-8(11(2)3)9(13)10(14-4)7(5-12)15-6;1-4-6(9)7(11)8(12-2)5(3-10)13-4;;/h7-11,13-14H,6H2,1-5H3;6-10,12-13H,5H2,1-4H3;4-8,10-11H,3,9H2,1-2H3;1H4;1H/q+1;;;;/p-1. The van der Waals surface area contributed by atoms with Crippen molar-refractivity contribution in [1.82, 2.24) is 4.90 Å². The molecule has 3 saturated heterocycles. The lowest BCUT2D eigenvalue weighted by Gasteiger charge is -2.48. The molecule has 8 N–H and O–H groups in total. The molecule has 0 spiro atoms. The molecule has 0 aliphatic carbocycles. The molecule has 15 unspecified atom stereocenters. The van der Waals surface area contributed by atoms with Gasteiger partial charge in [0.1, 0.15) is 67.1 Å². The van der Waals surface area contributed by atoms with E-state index in [1.54, 1.807) is 6.92 Å². The van der Waals surface area contributed by atoms with Crippen LogP contribution in [0.2, 0.25) is 0 Å². The van der Waals surface area contributed by atoms with Crippen LogP contribution in [0, 0.1) is 0 Å². The van der Waals surface area contributed by atoms with Gasteiger partial charge >= 0.3 is 0 Å². The molecule has 3 aliphatic rings. The summed E-state index contributed by atoms with van der Waals surface area (Å²) in [5.41, 5.74) is 5.67. The van der Waals surface area contributed by atoms with Gasteiger partial charge in [-0.1, -0.05) is 7.43 Å². The first-order valence-corrected chi connectivity index (χ1v) is 15.1. The Labute approximate surface area is 293 Å². The van der Waals surface area contributed by atoms with Crippen LogP contribution in [0.5, 0.6) is 0 Å². The van der Waals surface area contributed by atoms with Crippen LogP contribution in [-0.2, 0) is 28.4 Å². The number of aliphatic hydroxyl groups excluding tert-OH is 6. The predicted octanol–water partition coefficient (Wildman–Crippen LogP) is -5.60. The maximum absolute atomic E-state index is 10.3. The molecule has 16 heteroatoms. The summed E-state index contributed by atoms with van der Waals surface area (Å²) >= 11 is 0. The lowest BCUT2D eigenvalue weighted by Crippen LogP contribution is -3.00. The van der Waals surface area contributed by atoms with E-state index in [0.29, 0.717) is 4.48 Å². The van der Waals surface area contributed by atoms with Gasteiger partial charge in [-0.05, 0) is 34.9 Å². The molecule has 3 aliphatic heterocycles. The highest BCUT2D eigenvalue weighted by molar-refractivity contribution is 4.96. The van der Waals surface area contributed by atoms with E-state index in [0.717, 1.165) is 0 Å². The Morgan fingerprint density at radius 2 is 1.00 bits per heavy atom. The minimum absolute atomic E-state index is 0. The number of nitrogens with zero attached hydrogens (tertiary/aromatic N) is 2. The van der Waals surface area contributed by atoms with Crippen molar-refractivity contribution in [3.63, 3.8) is 0 Å². The highest BCUT2D eigenvalue weighted by Crippen LogP contribution is 2.28. The maximum Gasteiger partial charge on any atom is 0.144 e. The zero-order valence-corrected chi connectivity index (χ0v) is 30.9. The maximum atomic E-state index is 10.3. The number of ether oxygens (including phenoxy) is 6. The van der Waals surface area contributed by atoms with Crippen molar-refractivity contribution in [3.8, 4) is 0 Å². The average Bonchev–Trinajstić information content (AvgIpc) is 2.94. The zero-order valence-electron chi connectivity index (χ0n) is 28.8. The van der Waals surface area contributed by atoms with Crippen LogP contribution in [0.15, 0.2) is 0 Å². The quantitative estimate of drug-likeness (QED) is 0.0906. The third kappa shape index (κ3) is 12.2. The van der Waals surface area contributed by atoms with E-state index >= 15 is 0 Å². The molecule has 0 radical (unpaired) electrons. The molecule has 3 heterocycles. The van der Waals surface area contributed by atoms with Crippen LogP contribution in [0.3, 0.4) is 0 Å². The van der Waals surface area contributed by atoms with Crippen molar-refractivity contribution in [2.24, 2.45) is 5.73 Å². The summed E-state index contributed by atoms with van der Waals surface area (Å²) in [4.78, 5) is 1.91. The highest BCUT2D eigenvalue weighted by atomic mass is 127. The third-order valence-electron chi connectivity index (χ3n) is 8.72. The fraction of sp³-hybridized carbons (Fsp3) is 1.00. The lowest BCUT2D eigenvalue weighted by atomic mass is 9.91. The largest absolute Gasteiger partial charge is 1.00 e. The molecule has 0 bridgehead atoms. The van der Waals surface area contributed by atoms with Gasteiger partial charge in [-0.25, -0.2) is 0 Å². The van der Waals surface area contributed by atoms with Crippen molar-refractivity contribution in [2.75, 3.05) is 76.4 Å². The van der Waals surface area contributed by atoms with E-state index in [1.807, 2.05) is 54.0 Å². The fourth-order valence-corrected chi connectivity index (χ4v) is 6.54. The van der Waals surface area contributed by atoms with Gasteiger partial charge in [-0.3, -0.25) is 0 Å². The number of nitrogens with two attached hydrogens (primary N) is 1. The van der Waals surface area contributed by atoms with Gasteiger partial charge < -0.3 is 98.2 Å². The fourth-order valence-electron chi connectivity index (χ4n) is 6.54. The number of hydrogen-bond acceptors (Lipinski definition) is 14. The minimum atomic E-state index is -0.786. The van der Waals surface area contributed by atoms with E-state index in [4.69, 9.17) is 44.4 Å². The molecule has 280 valence electrons. The molecule has 3 fully saturated rings. The Morgan fingerprint density at radius 1 is 0.652 bits per heavy atom. The Balaban J connectivity index is 0. The number of aliphatic hydroxyl groups is 6. The molecule has 3 rings (SSSR count). The van der Waals surface area contributed by atoms with Gasteiger partial charge in [-0.2, -0.15) is 0 Å². The number of likely N-dealkylation sites (N-methyl/N-ethyl adjacent to an activating group) is 2. The highest BCUT2D eigenvalue weighted by Gasteiger charge is 2.49. The first-order chi connectivity index (χ1) is 20.5. The van der Waals surface area contributed by atoms with Crippen molar-refractivity contribution in [3.05, 3.63) is 0 Å². The van der Waals surface area contributed by atoms with E-state index in [9.17, 15) is 20.4 Å². The number of quaternary nitrogens is 1. The first kappa shape index (κ1) is 48.2. The second kappa shape index (κ2) is 22.1. The van der Waals surface area contributed by atoms with Gasteiger partial charge in [0.2, 0.25) is 0 Å². The number of hydrogen-bond donors (Lipinski definition) is 7. The smallest absolute Gasteiger partial charge is 0.144 e. The van der Waals surface area contributed by atoms with E-state index in [-0.39, 0.29) is 81.6 Å². The summed E-state index contributed by atoms with van der Waals surface area (Å²) in [6, 6.07) is -0.641. The van der Waals surface area contributed by atoms with Crippen molar-refractivity contribution in [1.29, 1.82) is 0 Å². The van der Waals surface area contributed by atoms with Gasteiger partial charge in [0, 0.05) is 21.3 Å². The third-order valence-corrected chi connectivity index (χ3v) is 8.72. The van der Waals surface area contributed by atoms with E-state index < -0.39 is 61.0 Å². The van der Waals surface area contributed by atoms with Crippen molar-refractivity contribution >= 4 is 0 Å². The normalized spacial score (nSPS) is 41.2. The average molecular weight is 788 g/mol. The first-order valence-electron chi connectivity index (χ1n) is 15.1. The predicted molar refractivity (Wildman–Crippen MR) is 169 cm³/mol. The van der Waals surface area contributed by atoms with Crippen LogP contribution >= 0.6 is 0 Å². The van der Waals surface area contributed by atoms with Crippen LogP contribution in [-0.4, -0.2) is 208 Å². The summed E-state index contributed by atoms with van der Waals surface area (Å²) < 4.78 is 32.7. The summed E-state index contributed by atoms with van der Waals surface area (Å²) in [6.07, 6.45) is -5.44. The second-order valence-corrected chi connectivity index (χ2v) is 12.9. The summed E-state index contributed by atoms with van der Waals surface area (Å²) in [7, 11) is 14.3. The van der Waals surface area contributed by atoms with E-state index in [2.05, 4.69) is 0 Å². The summed E-state index contributed by atoms with van der Waals surface area (Å²) in [5.74, 6) is 0. The molecule has 46 heavy (non-hydrogen) atoms. The molecule has 0 aromatic rings. The van der Waals surface area contributed by atoms with E-state index in [1.165, 1.54) is 21.3 Å². The Morgan fingerprint density at radius 3 is 1.35 bits per heavy atom. The summed E-state index contributed by atoms with van der Waals surface area (Å²) in [6.45, 7) is 5.13. The number of rotatable bonds is 8. The molecular formula is C30H66IN3O12. The zero-order chi connectivity index (χ0) is 34.1. The Kier molecular flexibility index (Phi) is 23.1. The number of halogens is 1. The van der Waals surface area contributed by atoms with Gasteiger partial charge in [0.15, 0.2) is 0 Å². The second-order valence-electron chi connectivity index (χ2n) is 12.9. The summed E-state index contributed by atoms with van der Waals surface area (Å²) in [5, 5.41) is 57.4. The molecule has 15 nitrogen and oxygen atoms in total. The van der Waals surface area contributed by atoms with Crippen molar-refractivity contribution in [2.45, 2.75) is 120 Å². The SMILES string of the molecule is C.COC1C(CO)OC(C)C(N(C)C)C1O.COC1C(CO)OC(C)C(N)C1O.COC1C(CO)OC(C)C([N+](C)(C)C)C1O.[I-]. The minimum Gasteiger partial charge on any atom is -1.00 e. The van der Waals surface area contributed by atoms with Crippen LogP contribution in [0.4, 0.5) is 0 Å². The van der Waals surface area contributed by atoms with Crippen molar-refractivity contribution < 1.29 is 87.5 Å². The molecule has 0 amide bonds. The molecule has 0 aromatic carbocycles. The van der Waals surface area contributed by atoms with Crippen LogP contribution in [0.1, 0.15) is 28.2 Å². The van der Waals surface area contributed by atoms with Gasteiger partial charge in [0.25, 0.3) is 0 Å². The lowest BCUT2D eigenvalue weighted by molar-refractivity contribution is -0.906. The molecular weight excluding hydrogens is 721 g/mol. The van der Waals surface area contributed by atoms with Gasteiger partial charge in [0.05, 0.1) is 65.3 Å². The van der Waals surface area contributed by atoms with Gasteiger partial charge in [-0.15, -0.1) is 0 Å². The van der Waals surface area contributed by atoms with Crippen LogP contribution < -0.4 is 29.7 Å². The van der Waals surface area contributed by atoms with Crippen LogP contribution in [0.25, 0.3) is 0 Å².